The summed E-state index contributed by atoms with van der Waals surface area (Å²) >= 11 is 0.648. The van der Waals surface area contributed by atoms with Gasteiger partial charge in [0.1, 0.15) is 21.6 Å². The fraction of sp³-hybridized carbons (Fsp3) is 0.278. The molecular formula is C18H18Na2O11S2. The van der Waals surface area contributed by atoms with Crippen molar-refractivity contribution in [2.45, 2.75) is 5.79 Å². The monoisotopic (exact) mass is 520 g/mol. The summed E-state index contributed by atoms with van der Waals surface area (Å²) in [4.78, 5) is 13.2. The molecule has 0 atom stereocenters. The number of benzene rings is 2. The van der Waals surface area contributed by atoms with Gasteiger partial charge in [0.25, 0.3) is 5.79 Å². The Hall–Kier alpha value is -0.230. The number of ether oxygens (including phenoxy) is 4. The summed E-state index contributed by atoms with van der Waals surface area (Å²) < 4.78 is 57.1. The third-order valence-electron chi connectivity index (χ3n) is 3.94. The molecule has 15 heteroatoms. The number of Topliss-reactive ketones (excluding diaryl/α,β-unsaturated/α-hetero) is 1. The van der Waals surface area contributed by atoms with E-state index in [2.05, 4.69) is 9.37 Å². The molecule has 0 saturated heterocycles. The van der Waals surface area contributed by atoms with Gasteiger partial charge < -0.3 is 28.8 Å². The Kier molecular flexibility index (Phi) is 15.6. The molecule has 2 rings (SSSR count). The molecule has 0 radical (unpaired) electrons. The molecule has 0 aliphatic heterocycles. The van der Waals surface area contributed by atoms with Crippen molar-refractivity contribution < 1.29 is 110 Å². The van der Waals surface area contributed by atoms with E-state index in [9.17, 15) is 23.0 Å². The second kappa shape index (κ2) is 15.7. The van der Waals surface area contributed by atoms with Crippen LogP contribution < -0.4 is 73.8 Å². The third-order valence-corrected chi connectivity index (χ3v) is 4.72. The van der Waals surface area contributed by atoms with Crippen LogP contribution in [0, 0.1) is 0 Å². The van der Waals surface area contributed by atoms with Crippen LogP contribution in [0.1, 0.15) is 15.9 Å². The molecule has 0 saturated carbocycles. The summed E-state index contributed by atoms with van der Waals surface area (Å²) in [6.07, 6.45) is 0. The van der Waals surface area contributed by atoms with Crippen LogP contribution in [0.15, 0.2) is 48.5 Å². The first-order valence-electron chi connectivity index (χ1n) is 8.38. The van der Waals surface area contributed by atoms with Gasteiger partial charge in [0, 0.05) is 25.3 Å². The Balaban J connectivity index is 0.00000512. The van der Waals surface area contributed by atoms with Crippen LogP contribution in [-0.4, -0.2) is 44.9 Å². The summed E-state index contributed by atoms with van der Waals surface area (Å²) in [7, 11) is -1.96. The first-order chi connectivity index (χ1) is 14.8. The molecular weight excluding hydrogens is 502 g/mol. The van der Waals surface area contributed by atoms with E-state index in [1.54, 1.807) is 0 Å². The van der Waals surface area contributed by atoms with Gasteiger partial charge in [0.2, 0.25) is 5.78 Å². The van der Waals surface area contributed by atoms with Gasteiger partial charge in [-0.2, -0.15) is 4.33 Å². The summed E-state index contributed by atoms with van der Waals surface area (Å²) in [6.45, 7) is 0. The van der Waals surface area contributed by atoms with Gasteiger partial charge in [-0.1, -0.05) is 0 Å². The molecule has 33 heavy (non-hydrogen) atoms. The molecule has 0 N–H and O–H groups in total. The molecule has 0 aromatic heterocycles. The van der Waals surface area contributed by atoms with Gasteiger partial charge in [-0.3, -0.25) is 9.83 Å². The topological polar surface area (TPSA) is 153 Å². The molecule has 0 bridgehead atoms. The Morgan fingerprint density at radius 3 is 1.94 bits per heavy atom. The van der Waals surface area contributed by atoms with Gasteiger partial charge in [-0.05, 0) is 48.5 Å². The van der Waals surface area contributed by atoms with Gasteiger partial charge in [0.05, 0.1) is 12.0 Å². The van der Waals surface area contributed by atoms with Crippen molar-refractivity contribution in [2.75, 3.05) is 26.1 Å². The Morgan fingerprint density at radius 2 is 1.45 bits per heavy atom. The van der Waals surface area contributed by atoms with E-state index in [-0.39, 0.29) is 76.4 Å². The predicted octanol–water partition coefficient (Wildman–Crippen LogP) is -4.89. The summed E-state index contributed by atoms with van der Waals surface area (Å²) in [5, 5.41) is 12.9. The van der Waals surface area contributed by atoms with Crippen LogP contribution in [0.25, 0.3) is 0 Å². The molecule has 0 aliphatic carbocycles. The van der Waals surface area contributed by atoms with Crippen molar-refractivity contribution in [3.8, 4) is 11.5 Å². The average Bonchev–Trinajstić information content (AvgIpc) is 2.77. The maximum atomic E-state index is 13.2. The Labute approximate surface area is 239 Å². The minimum absolute atomic E-state index is 0. The number of ketones is 1. The van der Waals surface area contributed by atoms with E-state index in [1.165, 1.54) is 62.8 Å². The molecule has 2 aromatic carbocycles. The number of carbonyl (C=O) groups is 1. The summed E-state index contributed by atoms with van der Waals surface area (Å²) in [6, 6.07) is 11.7. The summed E-state index contributed by atoms with van der Waals surface area (Å²) in [5.41, 5.74) is 0.562. The van der Waals surface area contributed by atoms with E-state index in [0.717, 1.165) is 0 Å². The molecule has 0 fully saturated rings. The zero-order valence-electron chi connectivity index (χ0n) is 18.3. The van der Waals surface area contributed by atoms with Crippen LogP contribution in [-0.2, 0) is 34.8 Å². The number of carbonyl (C=O) groups excluding carboxylic acids is 1. The van der Waals surface area contributed by atoms with Crippen LogP contribution in [0.4, 0.5) is 0 Å². The van der Waals surface area contributed by atoms with E-state index < -0.39 is 27.6 Å². The van der Waals surface area contributed by atoms with Crippen LogP contribution in [0.5, 0.6) is 11.5 Å². The quantitative estimate of drug-likeness (QED) is 0.0364. The van der Waals surface area contributed by atoms with E-state index in [0.29, 0.717) is 23.4 Å². The smallest absolute Gasteiger partial charge is 0.745 e. The van der Waals surface area contributed by atoms with Crippen LogP contribution in [0.2, 0.25) is 0 Å². The molecule has 0 amide bonds. The number of rotatable bonds is 13. The molecule has 2 aromatic rings. The minimum Gasteiger partial charge on any atom is -0.745 e. The number of methoxy groups -OCH3 is 2. The van der Waals surface area contributed by atoms with E-state index in [1.807, 2.05) is 0 Å². The van der Waals surface area contributed by atoms with Crippen molar-refractivity contribution in [1.29, 1.82) is 0 Å². The van der Waals surface area contributed by atoms with Gasteiger partial charge in [-0.25, -0.2) is 8.42 Å². The first kappa shape index (κ1) is 32.8. The van der Waals surface area contributed by atoms with Crippen molar-refractivity contribution in [2.24, 2.45) is 0 Å². The normalized spacial score (nSPS) is 11.2. The average molecular weight is 520 g/mol. The second-order valence-electron chi connectivity index (χ2n) is 5.74. The molecule has 0 aliphatic rings. The van der Waals surface area contributed by atoms with Crippen molar-refractivity contribution in [3.05, 3.63) is 59.7 Å². The van der Waals surface area contributed by atoms with Crippen LogP contribution in [0.3, 0.4) is 0 Å². The fourth-order valence-corrected chi connectivity index (χ4v) is 3.11. The van der Waals surface area contributed by atoms with E-state index >= 15 is 0 Å². The molecule has 170 valence electrons. The molecule has 0 unspecified atom stereocenters. The van der Waals surface area contributed by atoms with E-state index in [4.69, 9.17) is 18.9 Å². The van der Waals surface area contributed by atoms with Crippen molar-refractivity contribution in [3.63, 3.8) is 0 Å². The second-order valence-corrected chi connectivity index (χ2v) is 7.70. The summed E-state index contributed by atoms with van der Waals surface area (Å²) in [5.74, 6) is -2.82. The largest absolute Gasteiger partial charge is 1.00 e. The Morgan fingerprint density at radius 1 is 0.939 bits per heavy atom. The predicted molar refractivity (Wildman–Crippen MR) is 103 cm³/mol. The fourth-order valence-electron chi connectivity index (χ4n) is 2.57. The number of hydrogen-bond donors (Lipinski definition) is 0. The zero-order valence-corrected chi connectivity index (χ0v) is 24.0. The van der Waals surface area contributed by atoms with Crippen LogP contribution >= 0.6 is 12.0 Å². The standard InChI is InChI=1S/C18H20O11S2.2Na/c1-24-18(25-2,14-5-9-16(10-6-14)27-12-31(21,22)23)17(19)13-3-7-15(8-4-13)26-11-30-29-28-20;;/h3-10,20H,11-12H2,1-2H3,(H,21,22,23);;/q;2*+1/p-2. The zero-order chi connectivity index (χ0) is 22.9. The third kappa shape index (κ3) is 9.74. The SMILES string of the molecule is COC(OC)(C(=O)c1ccc(OCSOO[O-])cc1)c1ccc(OCS(=O)(=O)[O-])cc1.[Na+].[Na+]. The molecule has 0 heterocycles. The van der Waals surface area contributed by atoms with Gasteiger partial charge in [0.15, 0.2) is 11.9 Å². The number of hydrogen-bond acceptors (Lipinski definition) is 12. The van der Waals surface area contributed by atoms with Gasteiger partial charge >= 0.3 is 59.1 Å². The maximum absolute atomic E-state index is 13.2. The van der Waals surface area contributed by atoms with Crippen molar-refractivity contribution in [1.82, 2.24) is 0 Å². The van der Waals surface area contributed by atoms with Gasteiger partial charge in [-0.15, -0.1) is 0 Å². The van der Waals surface area contributed by atoms with Crippen molar-refractivity contribution >= 4 is 27.9 Å². The first-order valence-corrected chi connectivity index (χ1v) is 10.9. The maximum Gasteiger partial charge on any atom is 1.00 e. The Bertz CT molecular complexity index is 950. The molecule has 11 nitrogen and oxygen atoms in total. The molecule has 0 spiro atoms. The minimum atomic E-state index is -4.55.